The highest BCUT2D eigenvalue weighted by atomic mass is 32.2. The van der Waals surface area contributed by atoms with Gasteiger partial charge in [-0.2, -0.15) is 4.31 Å². The van der Waals surface area contributed by atoms with Crippen LogP contribution in [0.2, 0.25) is 0 Å². The van der Waals surface area contributed by atoms with Gasteiger partial charge in [-0.25, -0.2) is 17.8 Å². The molecule has 190 valence electrons. The van der Waals surface area contributed by atoms with E-state index in [0.29, 0.717) is 0 Å². The van der Waals surface area contributed by atoms with Crippen LogP contribution in [0, 0.1) is 5.82 Å². The second kappa shape index (κ2) is 9.30. The molecular weight excluding hydrogens is 483 g/mol. The summed E-state index contributed by atoms with van der Waals surface area (Å²) in [6, 6.07) is 3.19. The van der Waals surface area contributed by atoms with E-state index in [-0.39, 0.29) is 61.9 Å². The number of aromatic hydroxyl groups is 1. The van der Waals surface area contributed by atoms with Gasteiger partial charge in [0.05, 0.1) is 24.2 Å². The number of aromatic nitrogens is 2. The number of sulfonamides is 1. The molecule has 0 unspecified atom stereocenters. The Hall–Kier alpha value is -2.87. The van der Waals surface area contributed by atoms with Gasteiger partial charge in [-0.3, -0.25) is 14.2 Å². The Morgan fingerprint density at radius 1 is 1.29 bits per heavy atom. The van der Waals surface area contributed by atoms with Crippen LogP contribution < -0.4 is 10.9 Å². The van der Waals surface area contributed by atoms with E-state index in [1.54, 1.807) is 13.8 Å². The number of carbonyl (C=O) groups is 1. The second-order valence-corrected chi connectivity index (χ2v) is 10.9. The van der Waals surface area contributed by atoms with Crippen molar-refractivity contribution in [3.63, 3.8) is 0 Å². The number of hydrogen-bond acceptors (Lipinski definition) is 8. The van der Waals surface area contributed by atoms with E-state index in [0.717, 1.165) is 12.1 Å². The Labute approximate surface area is 201 Å². The predicted octanol–water partition coefficient (Wildman–Crippen LogP) is 0.429. The molecule has 3 heterocycles. The fraction of sp³-hybridized carbons (Fsp3) is 0.500. The van der Waals surface area contributed by atoms with E-state index in [9.17, 15) is 32.6 Å². The number of hydrogen-bond donors (Lipinski definition) is 3. The predicted molar refractivity (Wildman–Crippen MR) is 121 cm³/mol. The first-order valence-electron chi connectivity index (χ1n) is 11.1. The van der Waals surface area contributed by atoms with Crippen molar-refractivity contribution in [2.75, 3.05) is 19.7 Å². The summed E-state index contributed by atoms with van der Waals surface area (Å²) >= 11 is 0. The number of rotatable bonds is 5. The molecule has 0 saturated carbocycles. The lowest BCUT2D eigenvalue weighted by molar-refractivity contribution is -0.0566. The maximum atomic E-state index is 14.0. The Kier molecular flexibility index (Phi) is 6.70. The number of fused-ring (bicyclic) bond motifs is 1. The summed E-state index contributed by atoms with van der Waals surface area (Å²) in [5, 5.41) is 22.5. The molecule has 0 atom stereocenters. The lowest BCUT2D eigenvalue weighted by Crippen LogP contribution is -2.42. The minimum atomic E-state index is -4.10. The standard InChI is InChI=1S/C22H27FN4O7S/c1-22(2)21-25-17(18(29)20(31)27(21)9-10-34-22)19(30)24-12-13-3-4-14(23)11-16(13)35(32,33)26-7-5-15(28)6-8-26/h3-4,11,15,28-29H,5-10,12H2,1-2H3,(H,24,30). The molecule has 1 fully saturated rings. The molecule has 2 aromatic rings. The van der Waals surface area contributed by atoms with Crippen LogP contribution >= 0.6 is 0 Å². The van der Waals surface area contributed by atoms with Gasteiger partial charge in [-0.05, 0) is 44.4 Å². The molecule has 4 rings (SSSR count). The zero-order valence-corrected chi connectivity index (χ0v) is 20.1. The van der Waals surface area contributed by atoms with Gasteiger partial charge in [0.2, 0.25) is 15.8 Å². The quantitative estimate of drug-likeness (QED) is 0.524. The van der Waals surface area contributed by atoms with E-state index < -0.39 is 50.5 Å². The molecule has 0 aliphatic carbocycles. The third-order valence-corrected chi connectivity index (χ3v) is 8.17. The van der Waals surface area contributed by atoms with Crippen LogP contribution in [-0.2, 0) is 33.5 Å². The third kappa shape index (κ3) is 4.81. The number of halogens is 1. The fourth-order valence-electron chi connectivity index (χ4n) is 4.22. The molecule has 1 aromatic heterocycles. The molecule has 35 heavy (non-hydrogen) atoms. The second-order valence-electron chi connectivity index (χ2n) is 9.02. The van der Waals surface area contributed by atoms with E-state index in [1.165, 1.54) is 14.9 Å². The van der Waals surface area contributed by atoms with Gasteiger partial charge in [0, 0.05) is 19.6 Å². The van der Waals surface area contributed by atoms with Gasteiger partial charge in [-0.15, -0.1) is 0 Å². The smallest absolute Gasteiger partial charge is 0.296 e. The van der Waals surface area contributed by atoms with E-state index in [2.05, 4.69) is 10.3 Å². The molecule has 1 amide bonds. The highest BCUT2D eigenvalue weighted by Gasteiger charge is 2.35. The summed E-state index contributed by atoms with van der Waals surface area (Å²) in [5.74, 6) is -2.32. The maximum Gasteiger partial charge on any atom is 0.296 e. The Morgan fingerprint density at radius 3 is 2.66 bits per heavy atom. The molecule has 1 saturated heterocycles. The average Bonchev–Trinajstić information content (AvgIpc) is 2.80. The van der Waals surface area contributed by atoms with Crippen LogP contribution in [0.5, 0.6) is 5.75 Å². The number of carbonyl (C=O) groups excluding carboxylic acids is 1. The summed E-state index contributed by atoms with van der Waals surface area (Å²) < 4.78 is 48.4. The largest absolute Gasteiger partial charge is 0.501 e. The SMILES string of the molecule is CC1(C)OCCn2c1nc(C(=O)NCc1ccc(F)cc1S(=O)(=O)N1CCC(O)CC1)c(O)c2=O. The van der Waals surface area contributed by atoms with Crippen molar-refractivity contribution >= 4 is 15.9 Å². The molecule has 1 aromatic carbocycles. The minimum absolute atomic E-state index is 0.0839. The number of nitrogens with one attached hydrogen (secondary N) is 1. The highest BCUT2D eigenvalue weighted by molar-refractivity contribution is 7.89. The highest BCUT2D eigenvalue weighted by Crippen LogP contribution is 2.28. The van der Waals surface area contributed by atoms with Gasteiger partial charge >= 0.3 is 0 Å². The number of piperidine rings is 1. The average molecular weight is 511 g/mol. The Balaban J connectivity index is 1.61. The van der Waals surface area contributed by atoms with Crippen molar-refractivity contribution in [3.05, 3.63) is 51.5 Å². The number of aliphatic hydroxyl groups is 1. The number of benzene rings is 1. The third-order valence-electron chi connectivity index (χ3n) is 6.19. The van der Waals surface area contributed by atoms with E-state index in [4.69, 9.17) is 4.74 Å². The number of nitrogens with zero attached hydrogens (tertiary/aromatic N) is 3. The van der Waals surface area contributed by atoms with Crippen molar-refractivity contribution in [3.8, 4) is 5.75 Å². The topological polar surface area (TPSA) is 151 Å². The Bertz CT molecular complexity index is 1320. The zero-order valence-electron chi connectivity index (χ0n) is 19.3. The molecule has 11 nitrogen and oxygen atoms in total. The van der Waals surface area contributed by atoms with Gasteiger partial charge < -0.3 is 20.3 Å². The van der Waals surface area contributed by atoms with Gasteiger partial charge in [0.1, 0.15) is 17.2 Å². The first-order chi connectivity index (χ1) is 16.4. The fourth-order valence-corrected chi connectivity index (χ4v) is 5.92. The first kappa shape index (κ1) is 25.2. The van der Waals surface area contributed by atoms with Crippen LogP contribution in [0.3, 0.4) is 0 Å². The van der Waals surface area contributed by atoms with Gasteiger partial charge in [0.15, 0.2) is 5.69 Å². The van der Waals surface area contributed by atoms with Gasteiger partial charge in [0.25, 0.3) is 11.5 Å². The number of aliphatic hydroxyl groups excluding tert-OH is 1. The normalized spacial score (nSPS) is 18.7. The summed E-state index contributed by atoms with van der Waals surface area (Å²) in [5.41, 5.74) is -2.16. The molecule has 2 aliphatic heterocycles. The van der Waals surface area contributed by atoms with Crippen molar-refractivity contribution < 1.29 is 32.6 Å². The van der Waals surface area contributed by atoms with Crippen molar-refractivity contribution in [2.45, 2.75) is 56.4 Å². The molecule has 3 N–H and O–H groups in total. The van der Waals surface area contributed by atoms with E-state index in [1.807, 2.05) is 0 Å². The molecule has 13 heteroatoms. The van der Waals surface area contributed by atoms with E-state index >= 15 is 0 Å². The van der Waals surface area contributed by atoms with Crippen LogP contribution in [0.25, 0.3) is 0 Å². The monoisotopic (exact) mass is 510 g/mol. The summed E-state index contributed by atoms with van der Waals surface area (Å²) in [4.78, 5) is 29.3. The minimum Gasteiger partial charge on any atom is -0.501 e. The lowest BCUT2D eigenvalue weighted by atomic mass is 10.1. The van der Waals surface area contributed by atoms with Crippen LogP contribution in [0.4, 0.5) is 4.39 Å². The zero-order chi connectivity index (χ0) is 25.5. The van der Waals surface area contributed by atoms with Crippen LogP contribution in [-0.4, -0.2) is 64.2 Å². The molecule has 0 radical (unpaired) electrons. The van der Waals surface area contributed by atoms with Crippen molar-refractivity contribution in [2.24, 2.45) is 0 Å². The van der Waals surface area contributed by atoms with Crippen LogP contribution in [0.1, 0.15) is 48.6 Å². The molecule has 0 spiro atoms. The summed E-state index contributed by atoms with van der Waals surface area (Å²) in [6.07, 6.45) is -0.0668. The summed E-state index contributed by atoms with van der Waals surface area (Å²) in [7, 11) is -4.10. The molecule has 0 bridgehead atoms. The van der Waals surface area contributed by atoms with Crippen molar-refractivity contribution in [1.82, 2.24) is 19.2 Å². The lowest BCUT2D eigenvalue weighted by Gasteiger charge is -2.32. The van der Waals surface area contributed by atoms with Gasteiger partial charge in [-0.1, -0.05) is 6.07 Å². The maximum absolute atomic E-state index is 14.0. The summed E-state index contributed by atoms with van der Waals surface area (Å²) in [6.45, 7) is 3.61. The molecular formula is C22H27FN4O7S. The Morgan fingerprint density at radius 2 is 1.97 bits per heavy atom. The number of ether oxygens (including phenoxy) is 1. The first-order valence-corrected chi connectivity index (χ1v) is 12.6. The molecule has 2 aliphatic rings. The van der Waals surface area contributed by atoms with Crippen molar-refractivity contribution in [1.29, 1.82) is 0 Å². The van der Waals surface area contributed by atoms with Crippen LogP contribution in [0.15, 0.2) is 27.9 Å². The number of amides is 1.